The van der Waals surface area contributed by atoms with E-state index in [2.05, 4.69) is 19.9 Å². The molecule has 2 fully saturated rings. The van der Waals surface area contributed by atoms with Gasteiger partial charge in [0, 0.05) is 12.6 Å². The van der Waals surface area contributed by atoms with E-state index in [0.29, 0.717) is 18.0 Å². The van der Waals surface area contributed by atoms with Crippen LogP contribution in [0.4, 0.5) is 11.9 Å². The highest BCUT2D eigenvalue weighted by molar-refractivity contribution is 5.39. The van der Waals surface area contributed by atoms with E-state index in [1.165, 1.54) is 32.1 Å². The summed E-state index contributed by atoms with van der Waals surface area (Å²) in [5.74, 6) is 1.70. The number of methoxy groups -OCH3 is 1. The molecule has 18 heavy (non-hydrogen) atoms. The molecule has 98 valence electrons. The van der Waals surface area contributed by atoms with Crippen molar-refractivity contribution < 1.29 is 4.74 Å². The first-order valence-electron chi connectivity index (χ1n) is 6.60. The molecule has 2 N–H and O–H groups in total. The molecule has 2 aliphatic rings. The third kappa shape index (κ3) is 1.95. The van der Waals surface area contributed by atoms with Crippen LogP contribution in [0.2, 0.25) is 0 Å². The number of anilines is 2. The number of fused-ring (bicyclic) bond motifs is 1. The van der Waals surface area contributed by atoms with E-state index in [-0.39, 0.29) is 5.95 Å². The summed E-state index contributed by atoms with van der Waals surface area (Å²) in [6.07, 6.45) is 6.46. The predicted octanol–water partition coefficient (Wildman–Crippen LogP) is 1.23. The maximum atomic E-state index is 5.70. The highest BCUT2D eigenvalue weighted by atomic mass is 16.5. The summed E-state index contributed by atoms with van der Waals surface area (Å²) < 4.78 is 5.06. The second-order valence-corrected chi connectivity index (χ2v) is 5.07. The molecule has 1 saturated heterocycles. The van der Waals surface area contributed by atoms with Gasteiger partial charge in [-0.3, -0.25) is 0 Å². The molecule has 0 aromatic carbocycles. The molecule has 6 heteroatoms. The molecule has 1 aliphatic heterocycles. The van der Waals surface area contributed by atoms with Gasteiger partial charge in [0.25, 0.3) is 0 Å². The minimum atomic E-state index is 0.233. The molecule has 2 heterocycles. The zero-order valence-electron chi connectivity index (χ0n) is 10.7. The third-order valence-electron chi connectivity index (χ3n) is 4.07. The van der Waals surface area contributed by atoms with Gasteiger partial charge in [-0.25, -0.2) is 0 Å². The van der Waals surface area contributed by atoms with Crippen molar-refractivity contribution in [3.05, 3.63) is 0 Å². The summed E-state index contributed by atoms with van der Waals surface area (Å²) in [5.41, 5.74) is 5.70. The lowest BCUT2D eigenvalue weighted by Gasteiger charge is -2.31. The average Bonchev–Trinajstić information content (AvgIpc) is 2.81. The second-order valence-electron chi connectivity index (χ2n) is 5.07. The number of hydrogen-bond donors (Lipinski definition) is 1. The summed E-state index contributed by atoms with van der Waals surface area (Å²) in [7, 11) is 1.55. The lowest BCUT2D eigenvalue weighted by Crippen LogP contribution is -2.36. The van der Waals surface area contributed by atoms with E-state index in [0.717, 1.165) is 12.5 Å². The molecular formula is C12H19N5O. The van der Waals surface area contributed by atoms with Crippen molar-refractivity contribution in [1.82, 2.24) is 15.0 Å². The molecule has 0 radical (unpaired) electrons. The number of nitrogens with zero attached hydrogens (tertiary/aromatic N) is 4. The molecule has 0 amide bonds. The Morgan fingerprint density at radius 1 is 1.17 bits per heavy atom. The topological polar surface area (TPSA) is 77.2 Å². The zero-order chi connectivity index (χ0) is 12.5. The van der Waals surface area contributed by atoms with E-state index in [1.807, 2.05) is 0 Å². The summed E-state index contributed by atoms with van der Waals surface area (Å²) in [6.45, 7) is 1.02. The summed E-state index contributed by atoms with van der Waals surface area (Å²) in [4.78, 5) is 14.8. The maximum Gasteiger partial charge on any atom is 0.322 e. The Kier molecular flexibility index (Phi) is 2.93. The normalized spacial score (nSPS) is 27.1. The fraction of sp³-hybridized carbons (Fsp3) is 0.750. The van der Waals surface area contributed by atoms with Crippen molar-refractivity contribution in [2.75, 3.05) is 24.3 Å². The van der Waals surface area contributed by atoms with Crippen molar-refractivity contribution in [3.63, 3.8) is 0 Å². The Morgan fingerprint density at radius 3 is 2.83 bits per heavy atom. The van der Waals surface area contributed by atoms with Crippen LogP contribution < -0.4 is 15.4 Å². The van der Waals surface area contributed by atoms with Crippen LogP contribution in [0, 0.1) is 5.92 Å². The van der Waals surface area contributed by atoms with Crippen LogP contribution >= 0.6 is 0 Å². The van der Waals surface area contributed by atoms with Crippen LogP contribution in [0.5, 0.6) is 6.01 Å². The standard InChI is InChI=1S/C12H19N5O/c1-18-12-15-10(13)14-11(16-12)17-7-6-8-4-2-3-5-9(8)17/h8-9H,2-7H2,1H3,(H2,13,14,15,16). The zero-order valence-corrected chi connectivity index (χ0v) is 10.7. The van der Waals surface area contributed by atoms with E-state index >= 15 is 0 Å². The molecule has 2 atom stereocenters. The predicted molar refractivity (Wildman–Crippen MR) is 68.5 cm³/mol. The minimum absolute atomic E-state index is 0.233. The quantitative estimate of drug-likeness (QED) is 0.849. The first-order chi connectivity index (χ1) is 8.78. The molecule has 1 aromatic heterocycles. The number of hydrogen-bond acceptors (Lipinski definition) is 6. The highest BCUT2D eigenvalue weighted by Gasteiger charge is 2.37. The van der Waals surface area contributed by atoms with Crippen LogP contribution in [0.15, 0.2) is 0 Å². The molecule has 1 saturated carbocycles. The van der Waals surface area contributed by atoms with E-state index in [1.54, 1.807) is 7.11 Å². The number of nitrogens with two attached hydrogens (primary N) is 1. The Hall–Kier alpha value is -1.59. The third-order valence-corrected chi connectivity index (χ3v) is 4.07. The molecule has 2 unspecified atom stereocenters. The van der Waals surface area contributed by atoms with E-state index < -0.39 is 0 Å². The largest absolute Gasteiger partial charge is 0.467 e. The van der Waals surface area contributed by atoms with Crippen LogP contribution in [0.1, 0.15) is 32.1 Å². The lowest BCUT2D eigenvalue weighted by molar-refractivity contribution is 0.339. The van der Waals surface area contributed by atoms with Crippen LogP contribution in [0.25, 0.3) is 0 Å². The van der Waals surface area contributed by atoms with Crippen LogP contribution in [0.3, 0.4) is 0 Å². The van der Waals surface area contributed by atoms with Crippen molar-refractivity contribution in [2.24, 2.45) is 5.92 Å². The maximum absolute atomic E-state index is 5.70. The minimum Gasteiger partial charge on any atom is -0.467 e. The molecule has 3 rings (SSSR count). The fourth-order valence-corrected chi connectivity index (χ4v) is 3.23. The first kappa shape index (κ1) is 11.5. The van der Waals surface area contributed by atoms with Gasteiger partial charge < -0.3 is 15.4 Å². The molecule has 1 aliphatic carbocycles. The molecule has 6 nitrogen and oxygen atoms in total. The van der Waals surface area contributed by atoms with Gasteiger partial charge in [-0.05, 0) is 25.2 Å². The summed E-state index contributed by atoms with van der Waals surface area (Å²) in [5, 5.41) is 0. The summed E-state index contributed by atoms with van der Waals surface area (Å²) in [6, 6.07) is 0.877. The van der Waals surface area contributed by atoms with Crippen molar-refractivity contribution >= 4 is 11.9 Å². The van der Waals surface area contributed by atoms with Gasteiger partial charge in [0.05, 0.1) is 7.11 Å². The molecule has 0 bridgehead atoms. The monoisotopic (exact) mass is 249 g/mol. The van der Waals surface area contributed by atoms with Crippen LogP contribution in [-0.2, 0) is 0 Å². The second kappa shape index (κ2) is 4.59. The smallest absolute Gasteiger partial charge is 0.322 e. The van der Waals surface area contributed by atoms with Gasteiger partial charge in [-0.1, -0.05) is 12.8 Å². The molecule has 0 spiro atoms. The van der Waals surface area contributed by atoms with Gasteiger partial charge in [0.2, 0.25) is 11.9 Å². The van der Waals surface area contributed by atoms with Gasteiger partial charge in [-0.15, -0.1) is 0 Å². The SMILES string of the molecule is COc1nc(N)nc(N2CCC3CCCCC32)n1. The first-order valence-corrected chi connectivity index (χ1v) is 6.60. The Bertz CT molecular complexity index is 438. The van der Waals surface area contributed by atoms with Crippen molar-refractivity contribution in [1.29, 1.82) is 0 Å². The Balaban J connectivity index is 1.88. The highest BCUT2D eigenvalue weighted by Crippen LogP contribution is 2.37. The van der Waals surface area contributed by atoms with Gasteiger partial charge in [0.1, 0.15) is 0 Å². The molecular weight excluding hydrogens is 230 g/mol. The molecule has 1 aromatic rings. The fourth-order valence-electron chi connectivity index (χ4n) is 3.23. The Labute approximate surface area is 107 Å². The van der Waals surface area contributed by atoms with Crippen molar-refractivity contribution in [3.8, 4) is 6.01 Å². The lowest BCUT2D eigenvalue weighted by atomic mass is 9.85. The van der Waals surface area contributed by atoms with E-state index in [4.69, 9.17) is 10.5 Å². The summed E-state index contributed by atoms with van der Waals surface area (Å²) >= 11 is 0. The van der Waals surface area contributed by atoms with Gasteiger partial charge in [0.15, 0.2) is 0 Å². The van der Waals surface area contributed by atoms with E-state index in [9.17, 15) is 0 Å². The number of aromatic nitrogens is 3. The number of ether oxygens (including phenoxy) is 1. The average molecular weight is 249 g/mol. The van der Waals surface area contributed by atoms with Crippen molar-refractivity contribution in [2.45, 2.75) is 38.1 Å². The van der Waals surface area contributed by atoms with Gasteiger partial charge >= 0.3 is 6.01 Å². The van der Waals surface area contributed by atoms with Gasteiger partial charge in [-0.2, -0.15) is 15.0 Å². The number of rotatable bonds is 2. The Morgan fingerprint density at radius 2 is 2.00 bits per heavy atom. The van der Waals surface area contributed by atoms with Crippen LogP contribution in [-0.4, -0.2) is 34.6 Å². The number of nitrogen functional groups attached to an aromatic ring is 1.